The third-order valence-electron chi connectivity index (χ3n) is 3.65. The van der Waals surface area contributed by atoms with Gasteiger partial charge in [0.1, 0.15) is 0 Å². The number of aromatic nitrogens is 2. The predicted octanol–water partition coefficient (Wildman–Crippen LogP) is 4.14. The van der Waals surface area contributed by atoms with Crippen molar-refractivity contribution in [1.82, 2.24) is 14.9 Å². The molecule has 0 unspecified atom stereocenters. The maximum atomic E-state index is 11.3. The van der Waals surface area contributed by atoms with Gasteiger partial charge < -0.3 is 14.7 Å². The third kappa shape index (κ3) is 4.07. The zero-order valence-corrected chi connectivity index (χ0v) is 15.0. The summed E-state index contributed by atoms with van der Waals surface area (Å²) in [6.45, 7) is 0.938. The Morgan fingerprint density at radius 3 is 2.84 bits per heavy atom. The van der Waals surface area contributed by atoms with Gasteiger partial charge in [-0.3, -0.25) is 9.97 Å². The highest BCUT2D eigenvalue weighted by atomic mass is 35.5. The molecular weight excluding hydrogens is 362 g/mol. The number of halogens is 1. The Labute approximate surface area is 153 Å². The Balaban J connectivity index is 1.79. The molecule has 3 aromatic rings. The van der Waals surface area contributed by atoms with Gasteiger partial charge in [-0.05, 0) is 23.8 Å². The van der Waals surface area contributed by atoms with Crippen molar-refractivity contribution in [3.8, 4) is 10.6 Å². The molecule has 0 aliphatic rings. The van der Waals surface area contributed by atoms with Crippen LogP contribution in [0.1, 0.15) is 5.56 Å². The van der Waals surface area contributed by atoms with Crippen LogP contribution in [0, 0.1) is 0 Å². The van der Waals surface area contributed by atoms with Crippen LogP contribution in [0.2, 0.25) is 5.02 Å². The molecule has 0 saturated heterocycles. The highest BCUT2D eigenvalue weighted by Crippen LogP contribution is 2.35. The van der Waals surface area contributed by atoms with Crippen molar-refractivity contribution in [2.75, 3.05) is 20.3 Å². The first kappa shape index (κ1) is 17.6. The fourth-order valence-corrected chi connectivity index (χ4v) is 3.63. The van der Waals surface area contributed by atoms with Gasteiger partial charge >= 0.3 is 6.09 Å². The predicted molar refractivity (Wildman–Crippen MR) is 98.2 cm³/mol. The minimum Gasteiger partial charge on any atom is -0.465 e. The monoisotopic (exact) mass is 377 g/mol. The molecule has 0 saturated carbocycles. The van der Waals surface area contributed by atoms with Gasteiger partial charge in [0, 0.05) is 26.0 Å². The van der Waals surface area contributed by atoms with Gasteiger partial charge in [-0.25, -0.2) is 4.79 Å². The maximum absolute atomic E-state index is 11.3. The second-order valence-corrected chi connectivity index (χ2v) is 6.83. The second kappa shape index (κ2) is 7.77. The van der Waals surface area contributed by atoms with E-state index in [0.29, 0.717) is 18.2 Å². The van der Waals surface area contributed by atoms with Crippen LogP contribution >= 0.6 is 22.9 Å². The Hall–Kier alpha value is -2.22. The van der Waals surface area contributed by atoms with Crippen LogP contribution in [-0.4, -0.2) is 46.3 Å². The lowest BCUT2D eigenvalue weighted by Crippen LogP contribution is -2.32. The van der Waals surface area contributed by atoms with Gasteiger partial charge in [-0.15, -0.1) is 11.3 Å². The molecule has 1 amide bonds. The quantitative estimate of drug-likeness (QED) is 0.698. The van der Waals surface area contributed by atoms with Crippen LogP contribution in [0.3, 0.4) is 0 Å². The van der Waals surface area contributed by atoms with Crippen molar-refractivity contribution in [3.05, 3.63) is 47.2 Å². The first-order valence-corrected chi connectivity index (χ1v) is 8.74. The van der Waals surface area contributed by atoms with Gasteiger partial charge in [0.15, 0.2) is 0 Å². The minimum absolute atomic E-state index is 0.270. The molecule has 0 atom stereocenters. The first-order chi connectivity index (χ1) is 12.1. The molecule has 8 heteroatoms. The Kier molecular flexibility index (Phi) is 5.47. The lowest BCUT2D eigenvalue weighted by atomic mass is 10.2. The molecule has 0 aromatic carbocycles. The number of methoxy groups -OCH3 is 1. The highest BCUT2D eigenvalue weighted by molar-refractivity contribution is 7.22. The highest BCUT2D eigenvalue weighted by Gasteiger charge is 2.13. The molecule has 0 spiro atoms. The van der Waals surface area contributed by atoms with Crippen molar-refractivity contribution in [2.45, 2.75) is 6.54 Å². The van der Waals surface area contributed by atoms with Gasteiger partial charge in [0.25, 0.3) is 0 Å². The summed E-state index contributed by atoms with van der Waals surface area (Å²) in [4.78, 5) is 22.3. The summed E-state index contributed by atoms with van der Waals surface area (Å²) < 4.78 is 5.87. The van der Waals surface area contributed by atoms with Crippen molar-refractivity contribution >= 4 is 39.2 Å². The van der Waals surface area contributed by atoms with E-state index in [2.05, 4.69) is 9.97 Å². The number of hydrogen-bond donors (Lipinski definition) is 1. The number of carboxylic acid groups (broad SMARTS) is 1. The van der Waals surface area contributed by atoms with E-state index in [-0.39, 0.29) is 6.54 Å². The van der Waals surface area contributed by atoms with Crippen molar-refractivity contribution in [2.24, 2.45) is 0 Å². The van der Waals surface area contributed by atoms with Crippen LogP contribution in [-0.2, 0) is 11.3 Å². The van der Waals surface area contributed by atoms with E-state index in [1.807, 2.05) is 18.2 Å². The van der Waals surface area contributed by atoms with Crippen molar-refractivity contribution in [3.63, 3.8) is 0 Å². The normalized spacial score (nSPS) is 11.0. The van der Waals surface area contributed by atoms with E-state index in [4.69, 9.17) is 16.3 Å². The van der Waals surface area contributed by atoms with E-state index < -0.39 is 6.09 Å². The summed E-state index contributed by atoms with van der Waals surface area (Å²) in [5.41, 5.74) is 2.47. The molecule has 1 N–H and O–H groups in total. The molecule has 0 aliphatic carbocycles. The smallest absolute Gasteiger partial charge is 0.407 e. The SMILES string of the molecule is COCCN(Cc1ccc(-c2cc3nccc(Cl)c3s2)nc1)C(=O)O. The van der Waals surface area contributed by atoms with Gasteiger partial charge in [0.05, 0.1) is 39.0 Å². The maximum Gasteiger partial charge on any atom is 0.407 e. The van der Waals surface area contributed by atoms with Crippen LogP contribution < -0.4 is 0 Å². The Morgan fingerprint density at radius 2 is 2.20 bits per heavy atom. The number of rotatable bonds is 6. The Morgan fingerprint density at radius 1 is 1.36 bits per heavy atom. The number of nitrogens with zero attached hydrogens (tertiary/aromatic N) is 3. The van der Waals surface area contributed by atoms with Crippen LogP contribution in [0.4, 0.5) is 4.79 Å². The molecule has 0 fully saturated rings. The van der Waals surface area contributed by atoms with Gasteiger partial charge in [-0.2, -0.15) is 0 Å². The molecule has 130 valence electrons. The number of pyridine rings is 2. The lowest BCUT2D eigenvalue weighted by molar-refractivity contribution is 0.115. The van der Waals surface area contributed by atoms with Crippen LogP contribution in [0.15, 0.2) is 36.7 Å². The molecule has 3 aromatic heterocycles. The number of hydrogen-bond acceptors (Lipinski definition) is 5. The Bertz CT molecular complexity index is 882. The number of amides is 1. The fourth-order valence-electron chi connectivity index (χ4n) is 2.36. The average molecular weight is 378 g/mol. The zero-order chi connectivity index (χ0) is 17.8. The van der Waals surface area contributed by atoms with E-state index in [0.717, 1.165) is 26.4 Å². The fraction of sp³-hybridized carbons (Fsp3) is 0.235. The van der Waals surface area contributed by atoms with E-state index in [1.54, 1.807) is 25.6 Å². The summed E-state index contributed by atoms with van der Waals surface area (Å²) in [5, 5.41) is 9.91. The number of thiophene rings is 1. The molecule has 25 heavy (non-hydrogen) atoms. The first-order valence-electron chi connectivity index (χ1n) is 7.54. The van der Waals surface area contributed by atoms with E-state index in [1.165, 1.54) is 16.2 Å². The van der Waals surface area contributed by atoms with Gasteiger partial charge in [-0.1, -0.05) is 17.7 Å². The standard InChI is InChI=1S/C17H16ClN3O3S/c1-24-7-6-21(17(22)23)10-11-2-3-13(20-9-11)15-8-14-16(25-15)12(18)4-5-19-14/h2-5,8-9H,6-7,10H2,1H3,(H,22,23). The van der Waals surface area contributed by atoms with E-state index in [9.17, 15) is 9.90 Å². The number of carbonyl (C=O) groups is 1. The van der Waals surface area contributed by atoms with E-state index >= 15 is 0 Å². The largest absolute Gasteiger partial charge is 0.465 e. The topological polar surface area (TPSA) is 75.5 Å². The van der Waals surface area contributed by atoms with Gasteiger partial charge in [0.2, 0.25) is 0 Å². The minimum atomic E-state index is -0.980. The molecule has 3 rings (SSSR count). The second-order valence-electron chi connectivity index (χ2n) is 5.37. The lowest BCUT2D eigenvalue weighted by Gasteiger charge is -2.18. The molecular formula is C17H16ClN3O3S. The molecule has 3 heterocycles. The van der Waals surface area contributed by atoms with Crippen molar-refractivity contribution < 1.29 is 14.6 Å². The van der Waals surface area contributed by atoms with Crippen molar-refractivity contribution in [1.29, 1.82) is 0 Å². The summed E-state index contributed by atoms with van der Waals surface area (Å²) >= 11 is 7.73. The number of ether oxygens (including phenoxy) is 1. The summed E-state index contributed by atoms with van der Waals surface area (Å²) in [5.74, 6) is 0. The molecule has 0 radical (unpaired) electrons. The third-order valence-corrected chi connectivity index (χ3v) is 5.26. The van der Waals surface area contributed by atoms with Crippen LogP contribution in [0.5, 0.6) is 0 Å². The summed E-state index contributed by atoms with van der Waals surface area (Å²) in [6.07, 6.45) is 2.39. The molecule has 6 nitrogen and oxygen atoms in total. The van der Waals surface area contributed by atoms with Crippen LogP contribution in [0.25, 0.3) is 20.8 Å². The zero-order valence-electron chi connectivity index (χ0n) is 13.5. The number of fused-ring (bicyclic) bond motifs is 1. The molecule has 0 bridgehead atoms. The summed E-state index contributed by atoms with van der Waals surface area (Å²) in [6, 6.07) is 7.48. The summed E-state index contributed by atoms with van der Waals surface area (Å²) in [7, 11) is 1.54. The average Bonchev–Trinajstić information content (AvgIpc) is 3.04. The molecule has 0 aliphatic heterocycles.